The molecule has 2 atom stereocenters. The summed E-state index contributed by atoms with van der Waals surface area (Å²) in [6.45, 7) is 11.3. The summed E-state index contributed by atoms with van der Waals surface area (Å²) in [6, 6.07) is -0.191. The molecule has 3 heteroatoms. The average Bonchev–Trinajstić information content (AvgIpc) is 2.34. The third kappa shape index (κ3) is 9.04. The number of hydrogen-bond acceptors (Lipinski definition) is 3. The largest absolute Gasteiger partial charge is 0.464 e. The third-order valence-electron chi connectivity index (χ3n) is 3.45. The van der Waals surface area contributed by atoms with Gasteiger partial charge in [-0.3, -0.25) is 4.79 Å². The molecule has 114 valence electrons. The summed E-state index contributed by atoms with van der Waals surface area (Å²) in [7, 11) is 1.83. The van der Waals surface area contributed by atoms with Gasteiger partial charge in [-0.15, -0.1) is 0 Å². The number of carbonyl (C=O) groups is 1. The van der Waals surface area contributed by atoms with Crippen molar-refractivity contribution in [3.63, 3.8) is 0 Å². The van der Waals surface area contributed by atoms with Crippen LogP contribution in [0.2, 0.25) is 0 Å². The number of hydrogen-bond donors (Lipinski definition) is 1. The van der Waals surface area contributed by atoms with Gasteiger partial charge < -0.3 is 10.1 Å². The second kappa shape index (κ2) is 9.35. The van der Waals surface area contributed by atoms with Crippen molar-refractivity contribution in [2.24, 2.45) is 11.3 Å². The van der Waals surface area contributed by atoms with Gasteiger partial charge in [0.2, 0.25) is 0 Å². The quantitative estimate of drug-likeness (QED) is 0.649. The summed E-state index contributed by atoms with van der Waals surface area (Å²) in [4.78, 5) is 12.1. The lowest BCUT2D eigenvalue weighted by molar-refractivity contribution is -0.148. The molecule has 0 radical (unpaired) electrons. The highest BCUT2D eigenvalue weighted by Crippen LogP contribution is 2.21. The van der Waals surface area contributed by atoms with Crippen LogP contribution in [0.1, 0.15) is 66.7 Å². The van der Waals surface area contributed by atoms with E-state index in [9.17, 15) is 4.79 Å². The molecule has 0 spiro atoms. The van der Waals surface area contributed by atoms with Crippen molar-refractivity contribution < 1.29 is 9.53 Å². The van der Waals surface area contributed by atoms with E-state index in [1.54, 1.807) is 0 Å². The molecule has 0 aliphatic carbocycles. The summed E-state index contributed by atoms with van der Waals surface area (Å²) in [5.74, 6) is 0.406. The Morgan fingerprint density at radius 2 is 1.89 bits per heavy atom. The van der Waals surface area contributed by atoms with E-state index in [1.807, 2.05) is 7.05 Å². The Balaban J connectivity index is 4.18. The van der Waals surface area contributed by atoms with E-state index < -0.39 is 0 Å². The number of unbranched alkanes of at least 4 members (excludes halogenated alkanes) is 1. The first-order chi connectivity index (χ1) is 8.84. The van der Waals surface area contributed by atoms with E-state index in [2.05, 4.69) is 39.9 Å². The molecule has 1 N–H and O–H groups in total. The van der Waals surface area contributed by atoms with E-state index >= 15 is 0 Å². The van der Waals surface area contributed by atoms with E-state index in [0.29, 0.717) is 12.5 Å². The predicted octanol–water partition coefficient (Wildman–Crippen LogP) is 3.77. The monoisotopic (exact) mass is 271 g/mol. The first kappa shape index (κ1) is 18.4. The van der Waals surface area contributed by atoms with Crippen LogP contribution in [-0.4, -0.2) is 25.7 Å². The molecule has 0 saturated heterocycles. The van der Waals surface area contributed by atoms with E-state index in [-0.39, 0.29) is 17.4 Å². The van der Waals surface area contributed by atoms with Crippen LogP contribution in [0.5, 0.6) is 0 Å². The molecular weight excluding hydrogens is 238 g/mol. The molecule has 3 nitrogen and oxygen atoms in total. The molecule has 0 heterocycles. The summed E-state index contributed by atoms with van der Waals surface area (Å²) in [5, 5.41) is 3.07. The van der Waals surface area contributed by atoms with Gasteiger partial charge in [-0.2, -0.15) is 0 Å². The minimum atomic E-state index is -0.191. The molecule has 0 aromatic heterocycles. The van der Waals surface area contributed by atoms with Crippen molar-refractivity contribution in [3.05, 3.63) is 0 Å². The number of ether oxygens (including phenoxy) is 1. The van der Waals surface area contributed by atoms with Gasteiger partial charge in [0, 0.05) is 0 Å². The van der Waals surface area contributed by atoms with Crippen LogP contribution in [0.25, 0.3) is 0 Å². The molecule has 0 amide bonds. The summed E-state index contributed by atoms with van der Waals surface area (Å²) in [5.41, 5.74) is 0.124. The molecule has 0 rings (SSSR count). The Labute approximate surface area is 119 Å². The molecule has 0 aromatic carbocycles. The zero-order valence-corrected chi connectivity index (χ0v) is 13.7. The van der Waals surface area contributed by atoms with Gasteiger partial charge in [0.05, 0.1) is 6.61 Å². The van der Waals surface area contributed by atoms with Crippen LogP contribution in [0.3, 0.4) is 0 Å². The van der Waals surface area contributed by atoms with Crippen molar-refractivity contribution in [1.82, 2.24) is 5.32 Å². The fraction of sp³-hybridized carbons (Fsp3) is 0.938. The molecule has 2 unspecified atom stereocenters. The number of rotatable bonds is 9. The standard InChI is InChI=1S/C16H33NO2/c1-7-9-10-13(8-2)12-19-15(18)14(17-6)11-16(3,4)5/h13-14,17H,7-12H2,1-6H3. The normalized spacial score (nSPS) is 15.1. The zero-order chi connectivity index (χ0) is 14.9. The van der Waals surface area contributed by atoms with E-state index in [1.165, 1.54) is 12.8 Å². The number of likely N-dealkylation sites (N-methyl/N-ethyl adjacent to an activating group) is 1. The highest BCUT2D eigenvalue weighted by Gasteiger charge is 2.25. The van der Waals surface area contributed by atoms with Crippen molar-refractivity contribution >= 4 is 5.97 Å². The van der Waals surface area contributed by atoms with Crippen LogP contribution in [0.15, 0.2) is 0 Å². The summed E-state index contributed by atoms with van der Waals surface area (Å²) < 4.78 is 5.49. The minimum Gasteiger partial charge on any atom is -0.464 e. The maximum Gasteiger partial charge on any atom is 0.323 e. The van der Waals surface area contributed by atoms with Gasteiger partial charge in [-0.25, -0.2) is 0 Å². The molecular formula is C16H33NO2. The summed E-state index contributed by atoms with van der Waals surface area (Å²) >= 11 is 0. The minimum absolute atomic E-state index is 0.104. The predicted molar refractivity (Wildman–Crippen MR) is 81.2 cm³/mol. The molecule has 0 aromatic rings. The van der Waals surface area contributed by atoms with Crippen molar-refractivity contribution in [3.8, 4) is 0 Å². The van der Waals surface area contributed by atoms with Gasteiger partial charge in [0.1, 0.15) is 6.04 Å². The van der Waals surface area contributed by atoms with Crippen molar-refractivity contribution in [2.75, 3.05) is 13.7 Å². The zero-order valence-electron chi connectivity index (χ0n) is 13.7. The number of esters is 1. The average molecular weight is 271 g/mol. The van der Waals surface area contributed by atoms with Gasteiger partial charge in [-0.05, 0) is 31.2 Å². The topological polar surface area (TPSA) is 38.3 Å². The molecule has 0 bridgehead atoms. The second-order valence-electron chi connectivity index (χ2n) is 6.65. The van der Waals surface area contributed by atoms with Gasteiger partial charge in [0.15, 0.2) is 0 Å². The van der Waals surface area contributed by atoms with Crippen LogP contribution in [-0.2, 0) is 9.53 Å². The van der Waals surface area contributed by atoms with Gasteiger partial charge in [-0.1, -0.05) is 53.9 Å². The van der Waals surface area contributed by atoms with E-state index in [4.69, 9.17) is 4.74 Å². The Morgan fingerprint density at radius 1 is 1.26 bits per heavy atom. The van der Waals surface area contributed by atoms with E-state index in [0.717, 1.165) is 19.3 Å². The molecule has 0 aliphatic heterocycles. The Kier molecular flexibility index (Phi) is 9.07. The Hall–Kier alpha value is -0.570. The molecule has 0 fully saturated rings. The number of carbonyl (C=O) groups excluding carboxylic acids is 1. The molecule has 0 saturated carbocycles. The second-order valence-corrected chi connectivity index (χ2v) is 6.65. The van der Waals surface area contributed by atoms with Crippen LogP contribution in [0.4, 0.5) is 0 Å². The lowest BCUT2D eigenvalue weighted by Gasteiger charge is -2.25. The molecule has 19 heavy (non-hydrogen) atoms. The lowest BCUT2D eigenvalue weighted by atomic mass is 9.88. The van der Waals surface area contributed by atoms with Crippen molar-refractivity contribution in [2.45, 2.75) is 72.8 Å². The number of nitrogens with one attached hydrogen (secondary N) is 1. The van der Waals surface area contributed by atoms with Gasteiger partial charge >= 0.3 is 5.97 Å². The first-order valence-electron chi connectivity index (χ1n) is 7.68. The Bertz CT molecular complexity index is 246. The lowest BCUT2D eigenvalue weighted by Crippen LogP contribution is -2.39. The fourth-order valence-electron chi connectivity index (χ4n) is 2.11. The smallest absolute Gasteiger partial charge is 0.323 e. The SMILES string of the molecule is CCCCC(CC)COC(=O)C(CC(C)(C)C)NC. The van der Waals surface area contributed by atoms with Crippen LogP contribution in [0, 0.1) is 11.3 Å². The Morgan fingerprint density at radius 3 is 2.32 bits per heavy atom. The van der Waals surface area contributed by atoms with Crippen molar-refractivity contribution in [1.29, 1.82) is 0 Å². The first-order valence-corrected chi connectivity index (χ1v) is 7.68. The van der Waals surface area contributed by atoms with Crippen LogP contribution >= 0.6 is 0 Å². The van der Waals surface area contributed by atoms with Crippen LogP contribution < -0.4 is 5.32 Å². The maximum absolute atomic E-state index is 12.1. The molecule has 0 aliphatic rings. The third-order valence-corrected chi connectivity index (χ3v) is 3.45. The van der Waals surface area contributed by atoms with Gasteiger partial charge in [0.25, 0.3) is 0 Å². The highest BCUT2D eigenvalue weighted by atomic mass is 16.5. The summed E-state index contributed by atoms with van der Waals surface area (Å²) in [6.07, 6.45) is 5.45. The highest BCUT2D eigenvalue weighted by molar-refractivity contribution is 5.75. The fourth-order valence-corrected chi connectivity index (χ4v) is 2.11. The maximum atomic E-state index is 12.1.